The molecular weight excluding hydrogens is 254 g/mol. The number of amides is 1. The van der Waals surface area contributed by atoms with Gasteiger partial charge in [0.25, 0.3) is 5.91 Å². The molecule has 0 bridgehead atoms. The first-order chi connectivity index (χ1) is 9.66. The summed E-state index contributed by atoms with van der Waals surface area (Å²) < 4.78 is 5.24. The smallest absolute Gasteiger partial charge is 0.310 e. The van der Waals surface area contributed by atoms with Gasteiger partial charge in [-0.05, 0) is 38.3 Å². The molecule has 1 amide bonds. The number of anilines is 1. The van der Waals surface area contributed by atoms with E-state index in [9.17, 15) is 9.59 Å². The minimum absolute atomic E-state index is 0.119. The molecule has 0 radical (unpaired) electrons. The number of esters is 1. The van der Waals surface area contributed by atoms with Crippen LogP contribution in [0.5, 0.6) is 0 Å². The maximum Gasteiger partial charge on any atom is 0.310 e. The third kappa shape index (κ3) is 3.95. The highest BCUT2D eigenvalue weighted by Gasteiger charge is 2.24. The van der Waals surface area contributed by atoms with Gasteiger partial charge in [0.05, 0.1) is 5.92 Å². The van der Waals surface area contributed by atoms with Gasteiger partial charge in [-0.25, -0.2) is 0 Å². The van der Waals surface area contributed by atoms with E-state index in [0.717, 1.165) is 12.8 Å². The first kappa shape index (κ1) is 14.3. The lowest BCUT2D eigenvalue weighted by atomic mass is 9.95. The van der Waals surface area contributed by atoms with Crippen LogP contribution in [0.2, 0.25) is 0 Å². The van der Waals surface area contributed by atoms with E-state index in [1.807, 2.05) is 24.3 Å². The molecule has 0 spiro atoms. The molecule has 4 heteroatoms. The Morgan fingerprint density at radius 2 is 2.00 bits per heavy atom. The highest BCUT2D eigenvalue weighted by Crippen LogP contribution is 2.20. The van der Waals surface area contributed by atoms with E-state index in [4.69, 9.17) is 4.74 Å². The van der Waals surface area contributed by atoms with Gasteiger partial charge in [0.15, 0.2) is 6.10 Å². The van der Waals surface area contributed by atoms with E-state index in [2.05, 4.69) is 11.4 Å². The van der Waals surface area contributed by atoms with Crippen LogP contribution in [-0.4, -0.2) is 18.0 Å². The zero-order valence-corrected chi connectivity index (χ0v) is 11.5. The van der Waals surface area contributed by atoms with Gasteiger partial charge in [0, 0.05) is 5.69 Å². The van der Waals surface area contributed by atoms with Crippen molar-refractivity contribution in [2.24, 2.45) is 5.92 Å². The summed E-state index contributed by atoms with van der Waals surface area (Å²) in [6.07, 6.45) is 5.66. The van der Waals surface area contributed by atoms with Crippen molar-refractivity contribution in [3.05, 3.63) is 42.5 Å². The first-order valence-electron chi connectivity index (χ1n) is 6.88. The standard InChI is InChI=1S/C16H19NO3/c1-12(15(18)17-14-10-6-3-7-11-14)20-16(19)13-8-4-2-5-9-13/h2-4,6-7,10-13H,5,8-9H2,1H3,(H,17,18). The van der Waals surface area contributed by atoms with Crippen LogP contribution in [0.25, 0.3) is 0 Å². The molecule has 0 fully saturated rings. The molecule has 1 N–H and O–H groups in total. The number of para-hydroxylation sites is 1. The van der Waals surface area contributed by atoms with Crippen molar-refractivity contribution < 1.29 is 14.3 Å². The van der Waals surface area contributed by atoms with Crippen LogP contribution < -0.4 is 5.32 Å². The molecule has 2 rings (SSSR count). The molecule has 20 heavy (non-hydrogen) atoms. The van der Waals surface area contributed by atoms with Crippen molar-refractivity contribution in [1.29, 1.82) is 0 Å². The molecule has 0 aliphatic heterocycles. The third-order valence-electron chi connectivity index (χ3n) is 3.31. The number of carbonyl (C=O) groups excluding carboxylic acids is 2. The summed E-state index contributed by atoms with van der Waals surface area (Å²) in [6.45, 7) is 1.59. The summed E-state index contributed by atoms with van der Waals surface area (Å²) >= 11 is 0. The molecule has 0 saturated carbocycles. The van der Waals surface area contributed by atoms with Gasteiger partial charge in [0.2, 0.25) is 0 Å². The summed E-state index contributed by atoms with van der Waals surface area (Å²) in [5.74, 6) is -0.715. The predicted octanol–water partition coefficient (Wildman–Crippen LogP) is 2.91. The normalized spacial score (nSPS) is 19.1. The van der Waals surface area contributed by atoms with E-state index in [-0.39, 0.29) is 17.8 Å². The minimum atomic E-state index is -0.784. The zero-order chi connectivity index (χ0) is 14.4. The van der Waals surface area contributed by atoms with Gasteiger partial charge >= 0.3 is 5.97 Å². The number of allylic oxidation sites excluding steroid dienone is 2. The Morgan fingerprint density at radius 3 is 2.65 bits per heavy atom. The molecule has 106 valence electrons. The number of carbonyl (C=O) groups is 2. The second kappa shape index (κ2) is 6.89. The lowest BCUT2D eigenvalue weighted by Crippen LogP contribution is -2.32. The van der Waals surface area contributed by atoms with Crippen LogP contribution in [0.1, 0.15) is 26.2 Å². The van der Waals surface area contributed by atoms with Crippen LogP contribution in [-0.2, 0) is 14.3 Å². The van der Waals surface area contributed by atoms with Gasteiger partial charge in [0.1, 0.15) is 0 Å². The SMILES string of the molecule is CC(OC(=O)C1CC=CCC1)C(=O)Nc1ccccc1. The molecule has 2 unspecified atom stereocenters. The number of rotatable bonds is 4. The molecule has 4 nitrogen and oxygen atoms in total. The van der Waals surface area contributed by atoms with Crippen molar-refractivity contribution in [3.63, 3.8) is 0 Å². The fourth-order valence-corrected chi connectivity index (χ4v) is 2.10. The van der Waals surface area contributed by atoms with Gasteiger partial charge in [-0.2, -0.15) is 0 Å². The van der Waals surface area contributed by atoms with Gasteiger partial charge in [-0.3, -0.25) is 9.59 Å². The first-order valence-corrected chi connectivity index (χ1v) is 6.88. The lowest BCUT2D eigenvalue weighted by Gasteiger charge is -2.19. The highest BCUT2D eigenvalue weighted by molar-refractivity contribution is 5.95. The van der Waals surface area contributed by atoms with Gasteiger partial charge in [-0.1, -0.05) is 30.4 Å². The van der Waals surface area contributed by atoms with Crippen LogP contribution in [0.3, 0.4) is 0 Å². The van der Waals surface area contributed by atoms with Gasteiger partial charge < -0.3 is 10.1 Å². The summed E-state index contributed by atoms with van der Waals surface area (Å²) in [7, 11) is 0. The molecule has 0 heterocycles. The molecule has 1 aliphatic carbocycles. The Balaban J connectivity index is 1.84. The number of benzene rings is 1. The molecule has 0 saturated heterocycles. The fourth-order valence-electron chi connectivity index (χ4n) is 2.10. The monoisotopic (exact) mass is 273 g/mol. The van der Waals surface area contributed by atoms with E-state index in [1.54, 1.807) is 19.1 Å². The zero-order valence-electron chi connectivity index (χ0n) is 11.5. The van der Waals surface area contributed by atoms with Crippen molar-refractivity contribution in [1.82, 2.24) is 0 Å². The average molecular weight is 273 g/mol. The molecule has 0 aromatic heterocycles. The lowest BCUT2D eigenvalue weighted by molar-refractivity contribution is -0.157. The highest BCUT2D eigenvalue weighted by atomic mass is 16.5. The Morgan fingerprint density at radius 1 is 1.25 bits per heavy atom. The van der Waals surface area contributed by atoms with Crippen LogP contribution in [0, 0.1) is 5.92 Å². The number of nitrogens with one attached hydrogen (secondary N) is 1. The molecule has 1 aliphatic rings. The van der Waals surface area contributed by atoms with Crippen molar-refractivity contribution in [2.75, 3.05) is 5.32 Å². The van der Waals surface area contributed by atoms with Crippen molar-refractivity contribution >= 4 is 17.6 Å². The van der Waals surface area contributed by atoms with Crippen LogP contribution >= 0.6 is 0 Å². The van der Waals surface area contributed by atoms with Crippen molar-refractivity contribution in [3.8, 4) is 0 Å². The van der Waals surface area contributed by atoms with E-state index >= 15 is 0 Å². The predicted molar refractivity (Wildman–Crippen MR) is 77.1 cm³/mol. The average Bonchev–Trinajstić information content (AvgIpc) is 2.49. The largest absolute Gasteiger partial charge is 0.452 e. The fraction of sp³-hybridized carbons (Fsp3) is 0.375. The summed E-state index contributed by atoms with van der Waals surface area (Å²) in [5, 5.41) is 2.72. The van der Waals surface area contributed by atoms with Crippen LogP contribution in [0.15, 0.2) is 42.5 Å². The molecule has 1 aromatic rings. The molecule has 1 aromatic carbocycles. The number of hydrogen-bond donors (Lipinski definition) is 1. The summed E-state index contributed by atoms with van der Waals surface area (Å²) in [4.78, 5) is 23.9. The topological polar surface area (TPSA) is 55.4 Å². The quantitative estimate of drug-likeness (QED) is 0.678. The number of ether oxygens (including phenoxy) is 1. The van der Waals surface area contributed by atoms with Crippen LogP contribution in [0.4, 0.5) is 5.69 Å². The van der Waals surface area contributed by atoms with Crippen molar-refractivity contribution in [2.45, 2.75) is 32.3 Å². The summed E-state index contributed by atoms with van der Waals surface area (Å²) in [6, 6.07) is 9.12. The Bertz CT molecular complexity index is 496. The second-order valence-corrected chi connectivity index (χ2v) is 4.92. The van der Waals surface area contributed by atoms with E-state index in [1.165, 1.54) is 0 Å². The van der Waals surface area contributed by atoms with E-state index in [0.29, 0.717) is 12.1 Å². The molecular formula is C16H19NO3. The number of hydrogen-bond acceptors (Lipinski definition) is 3. The van der Waals surface area contributed by atoms with Gasteiger partial charge in [-0.15, -0.1) is 0 Å². The van der Waals surface area contributed by atoms with E-state index < -0.39 is 6.10 Å². The second-order valence-electron chi connectivity index (χ2n) is 4.92. The maximum atomic E-state index is 11.9. The third-order valence-corrected chi connectivity index (χ3v) is 3.31. The molecule has 2 atom stereocenters. The Labute approximate surface area is 118 Å². The summed E-state index contributed by atoms with van der Waals surface area (Å²) in [5.41, 5.74) is 0.695. The Hall–Kier alpha value is -2.10. The Kier molecular flexibility index (Phi) is 4.93. The minimum Gasteiger partial charge on any atom is -0.452 e. The maximum absolute atomic E-state index is 11.9.